The zero-order chi connectivity index (χ0) is 19.2. The minimum Gasteiger partial charge on any atom is -0.339 e. The number of para-hydroxylation sites is 2. The normalized spacial score (nSPS) is 10.4. The largest absolute Gasteiger partial charge is 0.339 e. The van der Waals surface area contributed by atoms with Gasteiger partial charge in [0.2, 0.25) is 5.91 Å². The second-order valence-electron chi connectivity index (χ2n) is 6.15. The van der Waals surface area contributed by atoms with Crippen LogP contribution in [-0.2, 0) is 11.3 Å². The maximum absolute atomic E-state index is 12.9. The van der Waals surface area contributed by atoms with E-state index in [1.807, 2.05) is 41.0 Å². The Morgan fingerprint density at radius 3 is 1.85 bits per heavy atom. The Morgan fingerprint density at radius 1 is 0.889 bits per heavy atom. The number of hydrogen-bond acceptors (Lipinski definition) is 4. The topological polar surface area (TPSA) is 89.9 Å². The van der Waals surface area contributed by atoms with Crippen molar-refractivity contribution in [2.45, 2.75) is 19.4 Å². The molecule has 0 aliphatic heterocycles. The van der Waals surface area contributed by atoms with Crippen LogP contribution in [0.4, 0.5) is 0 Å². The Bertz CT molecular complexity index is 1060. The number of rotatable bonds is 6. The van der Waals surface area contributed by atoms with E-state index in [0.29, 0.717) is 21.8 Å². The predicted molar refractivity (Wildman–Crippen MR) is 103 cm³/mol. The van der Waals surface area contributed by atoms with Gasteiger partial charge in [-0.15, -0.1) is 0 Å². The molecule has 1 aromatic heterocycles. The Morgan fingerprint density at radius 2 is 1.37 bits per heavy atom. The number of fused-ring (bicyclic) bond motifs is 2. The van der Waals surface area contributed by atoms with Crippen molar-refractivity contribution in [3.63, 3.8) is 0 Å². The number of carbonyl (C=O) groups excluding carboxylic acids is 1. The van der Waals surface area contributed by atoms with Gasteiger partial charge < -0.3 is 9.47 Å². The molecule has 0 fully saturated rings. The summed E-state index contributed by atoms with van der Waals surface area (Å²) in [6.45, 7) is 0.609. The fourth-order valence-electron chi connectivity index (χ4n) is 3.21. The highest BCUT2D eigenvalue weighted by molar-refractivity contribution is 5.94. The van der Waals surface area contributed by atoms with E-state index in [1.54, 1.807) is 24.3 Å². The van der Waals surface area contributed by atoms with E-state index in [9.17, 15) is 9.59 Å². The lowest BCUT2D eigenvalue weighted by Crippen LogP contribution is -2.35. The smallest absolute Gasteiger partial charge is 0.242 e. The standard InChI is InChI=1S/C21H18N4O2/c22-11-5-13-24(14-6-12-23)20(26)15-25-18-9-3-1-7-16(18)21(27)17-8-2-4-10-19(17)25/h1-4,7-10H,5-6,13-15H2. The van der Waals surface area contributed by atoms with Crippen LogP contribution in [0.1, 0.15) is 12.8 Å². The molecule has 1 heterocycles. The molecule has 0 atom stereocenters. The summed E-state index contributed by atoms with van der Waals surface area (Å²) in [6, 6.07) is 18.5. The predicted octanol–water partition coefficient (Wildman–Crippen LogP) is 2.81. The van der Waals surface area contributed by atoms with E-state index in [1.165, 1.54) is 4.90 Å². The molecule has 6 heteroatoms. The van der Waals surface area contributed by atoms with Gasteiger partial charge in [0.25, 0.3) is 0 Å². The number of carbonyl (C=O) groups is 1. The molecule has 134 valence electrons. The van der Waals surface area contributed by atoms with Gasteiger partial charge in [-0.2, -0.15) is 10.5 Å². The molecule has 0 spiro atoms. The molecule has 27 heavy (non-hydrogen) atoms. The van der Waals surface area contributed by atoms with Gasteiger partial charge in [-0.25, -0.2) is 0 Å². The van der Waals surface area contributed by atoms with E-state index in [2.05, 4.69) is 0 Å². The number of amides is 1. The number of nitrogens with zero attached hydrogens (tertiary/aromatic N) is 4. The van der Waals surface area contributed by atoms with Crippen LogP contribution in [0.15, 0.2) is 53.3 Å². The lowest BCUT2D eigenvalue weighted by atomic mass is 10.1. The molecule has 0 aliphatic rings. The van der Waals surface area contributed by atoms with Crippen LogP contribution in [0.5, 0.6) is 0 Å². The minimum atomic E-state index is -0.181. The Balaban J connectivity index is 2.08. The van der Waals surface area contributed by atoms with Gasteiger partial charge >= 0.3 is 0 Å². The SMILES string of the molecule is N#CCCN(CCC#N)C(=O)Cn1c2ccccc2c(=O)c2ccccc21. The summed E-state index contributed by atoms with van der Waals surface area (Å²) < 4.78 is 1.83. The molecular formula is C21H18N4O2. The van der Waals surface area contributed by atoms with Crippen molar-refractivity contribution in [1.82, 2.24) is 9.47 Å². The molecule has 0 aliphatic carbocycles. The zero-order valence-corrected chi connectivity index (χ0v) is 14.8. The van der Waals surface area contributed by atoms with Crippen LogP contribution in [0, 0.1) is 22.7 Å². The number of nitriles is 2. The highest BCUT2D eigenvalue weighted by atomic mass is 16.2. The third-order valence-electron chi connectivity index (χ3n) is 4.51. The van der Waals surface area contributed by atoms with E-state index in [-0.39, 0.29) is 43.8 Å². The third kappa shape index (κ3) is 3.65. The van der Waals surface area contributed by atoms with Crippen LogP contribution in [0.2, 0.25) is 0 Å². The van der Waals surface area contributed by atoms with Crippen LogP contribution in [0.3, 0.4) is 0 Å². The molecule has 0 radical (unpaired) electrons. The lowest BCUT2D eigenvalue weighted by Gasteiger charge is -2.22. The second kappa shape index (κ2) is 8.16. The van der Waals surface area contributed by atoms with Gasteiger partial charge in [-0.3, -0.25) is 9.59 Å². The highest BCUT2D eigenvalue weighted by Crippen LogP contribution is 2.19. The number of pyridine rings is 1. The second-order valence-corrected chi connectivity index (χ2v) is 6.15. The van der Waals surface area contributed by atoms with Gasteiger partial charge in [0.1, 0.15) is 6.54 Å². The van der Waals surface area contributed by atoms with E-state index in [0.717, 1.165) is 0 Å². The first-order valence-electron chi connectivity index (χ1n) is 8.69. The van der Waals surface area contributed by atoms with Gasteiger partial charge in [-0.1, -0.05) is 24.3 Å². The molecule has 0 unspecified atom stereocenters. The number of aromatic nitrogens is 1. The molecule has 3 aromatic rings. The van der Waals surface area contributed by atoms with Crippen LogP contribution in [-0.4, -0.2) is 28.5 Å². The fraction of sp³-hybridized carbons (Fsp3) is 0.238. The summed E-state index contributed by atoms with van der Waals surface area (Å²) in [6.07, 6.45) is 0.422. The first-order valence-corrected chi connectivity index (χ1v) is 8.69. The van der Waals surface area contributed by atoms with E-state index in [4.69, 9.17) is 10.5 Å². The molecule has 2 aromatic carbocycles. The van der Waals surface area contributed by atoms with E-state index < -0.39 is 0 Å². The van der Waals surface area contributed by atoms with Crippen molar-refractivity contribution in [1.29, 1.82) is 10.5 Å². The maximum atomic E-state index is 12.9. The van der Waals surface area contributed by atoms with Crippen molar-refractivity contribution in [3.05, 3.63) is 58.8 Å². The summed E-state index contributed by atoms with van der Waals surface area (Å²) in [4.78, 5) is 27.2. The molecule has 0 saturated heterocycles. The first kappa shape index (κ1) is 18.2. The minimum absolute atomic E-state index is 0.0398. The number of benzene rings is 2. The number of hydrogen-bond donors (Lipinski definition) is 0. The van der Waals surface area contributed by atoms with Gasteiger partial charge in [0.15, 0.2) is 5.43 Å². The van der Waals surface area contributed by atoms with Gasteiger partial charge in [0, 0.05) is 23.9 Å². The van der Waals surface area contributed by atoms with E-state index >= 15 is 0 Å². The average molecular weight is 358 g/mol. The van der Waals surface area contributed by atoms with Crippen molar-refractivity contribution in [2.24, 2.45) is 0 Å². The first-order chi connectivity index (χ1) is 13.2. The monoisotopic (exact) mass is 358 g/mol. The Labute approximate surface area is 156 Å². The van der Waals surface area contributed by atoms with Crippen molar-refractivity contribution in [3.8, 4) is 12.1 Å². The summed E-state index contributed by atoms with van der Waals surface area (Å²) in [7, 11) is 0. The van der Waals surface area contributed by atoms with Crippen LogP contribution < -0.4 is 5.43 Å². The zero-order valence-electron chi connectivity index (χ0n) is 14.8. The molecule has 0 N–H and O–H groups in total. The highest BCUT2D eigenvalue weighted by Gasteiger charge is 2.17. The third-order valence-corrected chi connectivity index (χ3v) is 4.51. The molecule has 6 nitrogen and oxygen atoms in total. The lowest BCUT2D eigenvalue weighted by molar-refractivity contribution is -0.131. The fourth-order valence-corrected chi connectivity index (χ4v) is 3.21. The van der Waals surface area contributed by atoms with Crippen molar-refractivity contribution in [2.75, 3.05) is 13.1 Å². The summed E-state index contributed by atoms with van der Waals surface area (Å²) in [5, 5.41) is 18.8. The summed E-state index contributed by atoms with van der Waals surface area (Å²) in [5.41, 5.74) is 1.32. The van der Waals surface area contributed by atoms with Gasteiger partial charge in [0.05, 0.1) is 36.0 Å². The Kier molecular flexibility index (Phi) is 5.49. The van der Waals surface area contributed by atoms with Crippen LogP contribution in [0.25, 0.3) is 21.8 Å². The average Bonchev–Trinajstić information content (AvgIpc) is 2.71. The molecule has 3 rings (SSSR count). The molecule has 0 bridgehead atoms. The van der Waals surface area contributed by atoms with Crippen LogP contribution >= 0.6 is 0 Å². The Hall–Kier alpha value is -3.64. The van der Waals surface area contributed by atoms with Crippen molar-refractivity contribution < 1.29 is 4.79 Å². The molecular weight excluding hydrogens is 340 g/mol. The molecule has 0 saturated carbocycles. The summed E-state index contributed by atoms with van der Waals surface area (Å²) >= 11 is 0. The quantitative estimate of drug-likeness (QED) is 0.634. The van der Waals surface area contributed by atoms with Gasteiger partial charge in [-0.05, 0) is 24.3 Å². The maximum Gasteiger partial charge on any atom is 0.242 e. The van der Waals surface area contributed by atoms with Crippen molar-refractivity contribution >= 4 is 27.7 Å². The summed E-state index contributed by atoms with van der Waals surface area (Å²) in [5.74, 6) is -0.181. The molecule has 1 amide bonds.